The van der Waals surface area contributed by atoms with E-state index < -0.39 is 11.9 Å². The van der Waals surface area contributed by atoms with E-state index >= 15 is 0 Å². The highest BCUT2D eigenvalue weighted by Gasteiger charge is 2.33. The number of amides is 1. The van der Waals surface area contributed by atoms with Crippen molar-refractivity contribution in [2.45, 2.75) is 25.9 Å². The fourth-order valence-electron chi connectivity index (χ4n) is 2.95. The second-order valence-electron chi connectivity index (χ2n) is 6.31. The Kier molecular flexibility index (Phi) is 5.45. The van der Waals surface area contributed by atoms with E-state index in [0.717, 1.165) is 30.0 Å². The molecule has 2 aromatic heterocycles. The predicted molar refractivity (Wildman–Crippen MR) is 93.4 cm³/mol. The lowest BCUT2D eigenvalue weighted by Crippen LogP contribution is -2.41. The molecule has 0 spiro atoms. The van der Waals surface area contributed by atoms with Crippen LogP contribution < -0.4 is 10.2 Å². The molecule has 0 aliphatic carbocycles. The Morgan fingerprint density at radius 2 is 2.19 bits per heavy atom. The van der Waals surface area contributed by atoms with Crippen LogP contribution in [0.5, 0.6) is 0 Å². The quantitative estimate of drug-likeness (QED) is 0.877. The van der Waals surface area contributed by atoms with E-state index in [9.17, 15) is 18.0 Å². The van der Waals surface area contributed by atoms with Gasteiger partial charge in [-0.05, 0) is 43.9 Å². The molecule has 1 fully saturated rings. The number of anilines is 1. The average Bonchev–Trinajstić information content (AvgIpc) is 3.06. The number of nitrogens with zero attached hydrogens (tertiary/aromatic N) is 3. The van der Waals surface area contributed by atoms with Gasteiger partial charge >= 0.3 is 6.18 Å². The van der Waals surface area contributed by atoms with Crippen LogP contribution >= 0.6 is 11.3 Å². The molecule has 3 heterocycles. The van der Waals surface area contributed by atoms with Gasteiger partial charge in [0.15, 0.2) is 0 Å². The average molecular weight is 384 g/mol. The number of hydrogen-bond acceptors (Lipinski definition) is 5. The van der Waals surface area contributed by atoms with Crippen molar-refractivity contribution in [1.29, 1.82) is 0 Å². The third kappa shape index (κ3) is 4.51. The molecule has 3 rings (SSSR count). The maximum atomic E-state index is 12.8. The third-order valence-corrected chi connectivity index (χ3v) is 5.25. The van der Waals surface area contributed by atoms with E-state index in [1.54, 1.807) is 11.0 Å². The van der Waals surface area contributed by atoms with Gasteiger partial charge in [0.1, 0.15) is 5.69 Å². The molecule has 2 aromatic rings. The molecule has 1 atom stereocenters. The summed E-state index contributed by atoms with van der Waals surface area (Å²) < 4.78 is 38.5. The maximum absolute atomic E-state index is 12.8. The van der Waals surface area contributed by atoms with Crippen LogP contribution in [0.1, 0.15) is 33.1 Å². The zero-order chi connectivity index (χ0) is 18.7. The Morgan fingerprint density at radius 3 is 2.88 bits per heavy atom. The third-order valence-electron chi connectivity index (χ3n) is 4.25. The number of hydrogen-bond donors (Lipinski definition) is 1. The first kappa shape index (κ1) is 18.6. The molecule has 0 radical (unpaired) electrons. The number of aryl methyl sites for hydroxylation is 1. The fraction of sp³-hybridized carbons (Fsp3) is 0.471. The number of rotatable bonds is 4. The van der Waals surface area contributed by atoms with E-state index in [4.69, 9.17) is 0 Å². The number of carbonyl (C=O) groups is 1. The fourth-order valence-corrected chi connectivity index (χ4v) is 3.74. The van der Waals surface area contributed by atoms with Crippen LogP contribution in [0, 0.1) is 12.8 Å². The molecule has 1 saturated heterocycles. The summed E-state index contributed by atoms with van der Waals surface area (Å²) in [6, 6.07) is 4.56. The summed E-state index contributed by atoms with van der Waals surface area (Å²) in [4.78, 5) is 23.3. The maximum Gasteiger partial charge on any atom is 0.433 e. The van der Waals surface area contributed by atoms with Gasteiger partial charge in [-0.1, -0.05) is 0 Å². The summed E-state index contributed by atoms with van der Waals surface area (Å²) >= 11 is 1.43. The number of nitrogens with one attached hydrogen (secondary N) is 1. The van der Waals surface area contributed by atoms with Crippen LogP contribution in [-0.2, 0) is 6.18 Å². The molecular formula is C17H19F3N4OS. The second kappa shape index (κ2) is 7.61. The highest BCUT2D eigenvalue weighted by Crippen LogP contribution is 2.29. The molecular weight excluding hydrogens is 365 g/mol. The molecule has 26 heavy (non-hydrogen) atoms. The molecule has 5 nitrogen and oxygen atoms in total. The van der Waals surface area contributed by atoms with Gasteiger partial charge in [-0.25, -0.2) is 9.97 Å². The largest absolute Gasteiger partial charge is 0.433 e. The lowest BCUT2D eigenvalue weighted by molar-refractivity contribution is -0.141. The van der Waals surface area contributed by atoms with Crippen molar-refractivity contribution in [2.24, 2.45) is 5.92 Å². The van der Waals surface area contributed by atoms with Crippen LogP contribution in [0.4, 0.5) is 19.1 Å². The van der Waals surface area contributed by atoms with E-state index in [2.05, 4.69) is 15.3 Å². The van der Waals surface area contributed by atoms with Gasteiger partial charge in [0.2, 0.25) is 5.95 Å². The van der Waals surface area contributed by atoms with Crippen molar-refractivity contribution < 1.29 is 18.0 Å². The van der Waals surface area contributed by atoms with Gasteiger partial charge in [0.25, 0.3) is 5.91 Å². The molecule has 0 saturated carbocycles. The van der Waals surface area contributed by atoms with Gasteiger partial charge in [0, 0.05) is 30.7 Å². The van der Waals surface area contributed by atoms with Gasteiger partial charge in [0.05, 0.1) is 4.88 Å². The number of piperidine rings is 1. The topological polar surface area (TPSA) is 58.1 Å². The lowest BCUT2D eigenvalue weighted by atomic mass is 9.98. The smallest absolute Gasteiger partial charge is 0.351 e. The molecule has 9 heteroatoms. The van der Waals surface area contributed by atoms with E-state index in [1.165, 1.54) is 11.3 Å². The number of alkyl halides is 3. The Balaban J connectivity index is 1.60. The van der Waals surface area contributed by atoms with Crippen molar-refractivity contribution in [3.05, 3.63) is 39.8 Å². The van der Waals surface area contributed by atoms with Crippen LogP contribution in [0.25, 0.3) is 0 Å². The predicted octanol–water partition coefficient (Wildman–Crippen LogP) is 3.51. The minimum Gasteiger partial charge on any atom is -0.351 e. The van der Waals surface area contributed by atoms with Gasteiger partial charge < -0.3 is 10.2 Å². The molecule has 1 aliphatic rings. The first-order valence-corrected chi connectivity index (χ1v) is 9.14. The number of thiophene rings is 1. The monoisotopic (exact) mass is 384 g/mol. The van der Waals surface area contributed by atoms with Crippen molar-refractivity contribution in [1.82, 2.24) is 15.3 Å². The molecule has 0 bridgehead atoms. The first-order chi connectivity index (χ1) is 12.3. The second-order valence-corrected chi connectivity index (χ2v) is 7.60. The molecule has 1 unspecified atom stereocenters. The normalized spacial score (nSPS) is 18.0. The van der Waals surface area contributed by atoms with Crippen molar-refractivity contribution in [3.63, 3.8) is 0 Å². The zero-order valence-electron chi connectivity index (χ0n) is 14.2. The summed E-state index contributed by atoms with van der Waals surface area (Å²) in [6.45, 7) is 3.54. The summed E-state index contributed by atoms with van der Waals surface area (Å²) in [5.74, 6) is 0.118. The van der Waals surface area contributed by atoms with Crippen LogP contribution in [0.2, 0.25) is 0 Å². The van der Waals surface area contributed by atoms with Gasteiger partial charge in [-0.2, -0.15) is 13.2 Å². The lowest BCUT2D eigenvalue weighted by Gasteiger charge is -2.33. The first-order valence-electron chi connectivity index (χ1n) is 8.33. The highest BCUT2D eigenvalue weighted by atomic mass is 32.1. The Morgan fingerprint density at radius 1 is 1.38 bits per heavy atom. The minimum absolute atomic E-state index is 0.0877. The summed E-state index contributed by atoms with van der Waals surface area (Å²) in [5, 5.41) is 2.91. The van der Waals surface area contributed by atoms with Crippen molar-refractivity contribution >= 4 is 23.2 Å². The zero-order valence-corrected chi connectivity index (χ0v) is 15.0. The highest BCUT2D eigenvalue weighted by molar-refractivity contribution is 7.13. The Labute approximate surface area is 153 Å². The Hall–Kier alpha value is -2.16. The molecule has 1 amide bonds. The molecule has 140 valence electrons. The van der Waals surface area contributed by atoms with E-state index in [1.807, 2.05) is 13.0 Å². The minimum atomic E-state index is -4.49. The van der Waals surface area contributed by atoms with Crippen LogP contribution in [0.15, 0.2) is 24.4 Å². The van der Waals surface area contributed by atoms with Crippen LogP contribution in [-0.4, -0.2) is 35.5 Å². The molecule has 1 N–H and O–H groups in total. The summed E-state index contributed by atoms with van der Waals surface area (Å²) in [5.41, 5.74) is -0.939. The SMILES string of the molecule is Cc1ccc(C(=O)NCC2CCCN(c3nccc(C(F)(F)F)n3)C2)s1. The van der Waals surface area contributed by atoms with Crippen molar-refractivity contribution in [2.75, 3.05) is 24.5 Å². The van der Waals surface area contributed by atoms with E-state index in [-0.39, 0.29) is 17.8 Å². The number of aromatic nitrogens is 2. The molecule has 0 aromatic carbocycles. The standard InChI is InChI=1S/C17H19F3N4OS/c1-11-4-5-13(26-11)15(25)22-9-12-3-2-8-24(10-12)16-21-7-6-14(23-16)17(18,19)20/h4-7,12H,2-3,8-10H2,1H3,(H,22,25). The van der Waals surface area contributed by atoms with Gasteiger partial charge in [-0.3, -0.25) is 4.79 Å². The van der Waals surface area contributed by atoms with Crippen molar-refractivity contribution in [3.8, 4) is 0 Å². The van der Waals surface area contributed by atoms with Crippen LogP contribution in [0.3, 0.4) is 0 Å². The molecule has 1 aliphatic heterocycles. The Bertz CT molecular complexity index is 777. The number of carbonyl (C=O) groups excluding carboxylic acids is 1. The number of halogens is 3. The van der Waals surface area contributed by atoms with E-state index in [0.29, 0.717) is 24.5 Å². The summed E-state index contributed by atoms with van der Waals surface area (Å²) in [7, 11) is 0. The summed E-state index contributed by atoms with van der Waals surface area (Å²) in [6.07, 6.45) is -1.63. The van der Waals surface area contributed by atoms with Gasteiger partial charge in [-0.15, -0.1) is 11.3 Å².